The summed E-state index contributed by atoms with van der Waals surface area (Å²) in [7, 11) is 0. The molecule has 0 atom stereocenters. The van der Waals surface area contributed by atoms with Crippen LogP contribution in [0.3, 0.4) is 0 Å². The molecule has 2 heteroatoms. The van der Waals surface area contributed by atoms with E-state index in [-0.39, 0.29) is 0 Å². The molecule has 0 radical (unpaired) electrons. The fourth-order valence-corrected chi connectivity index (χ4v) is 2.25. The van der Waals surface area contributed by atoms with E-state index in [1.165, 1.54) is 10.5 Å². The van der Waals surface area contributed by atoms with Gasteiger partial charge in [0, 0.05) is 9.79 Å². The second-order valence-electron chi connectivity index (χ2n) is 3.86. The van der Waals surface area contributed by atoms with Crippen LogP contribution in [0.15, 0.2) is 52.3 Å². The van der Waals surface area contributed by atoms with Crippen molar-refractivity contribution in [1.82, 2.24) is 0 Å². The Morgan fingerprint density at radius 1 is 0.875 bits per heavy atom. The highest BCUT2D eigenvalue weighted by molar-refractivity contribution is 7.99. The van der Waals surface area contributed by atoms with Gasteiger partial charge in [0.1, 0.15) is 5.75 Å². The zero-order chi connectivity index (χ0) is 11.5. The van der Waals surface area contributed by atoms with E-state index >= 15 is 0 Å². The highest BCUT2D eigenvalue weighted by Crippen LogP contribution is 2.31. The molecule has 82 valence electrons. The van der Waals surface area contributed by atoms with E-state index in [2.05, 4.69) is 31.2 Å². The molecule has 0 bridgehead atoms. The number of phenols is 1. The monoisotopic (exact) mass is 230 g/mol. The summed E-state index contributed by atoms with van der Waals surface area (Å²) in [5.74, 6) is 0.358. The molecular formula is C14H14OS. The summed E-state index contributed by atoms with van der Waals surface area (Å²) in [6.07, 6.45) is 0. The normalized spacial score (nSPS) is 10.4. The maximum absolute atomic E-state index is 9.61. The van der Waals surface area contributed by atoms with E-state index in [0.29, 0.717) is 5.75 Å². The van der Waals surface area contributed by atoms with Crippen molar-refractivity contribution in [2.24, 2.45) is 0 Å². The number of aromatic hydroxyl groups is 1. The van der Waals surface area contributed by atoms with E-state index in [9.17, 15) is 5.11 Å². The van der Waals surface area contributed by atoms with Crippen LogP contribution in [0.5, 0.6) is 5.75 Å². The summed E-state index contributed by atoms with van der Waals surface area (Å²) in [5, 5.41) is 9.61. The zero-order valence-electron chi connectivity index (χ0n) is 9.40. The number of rotatable bonds is 2. The van der Waals surface area contributed by atoms with Crippen molar-refractivity contribution in [3.8, 4) is 5.75 Å². The van der Waals surface area contributed by atoms with Gasteiger partial charge in [0.15, 0.2) is 0 Å². The Morgan fingerprint density at radius 3 is 2.12 bits per heavy atom. The lowest BCUT2D eigenvalue weighted by atomic mass is 10.2. The van der Waals surface area contributed by atoms with Gasteiger partial charge >= 0.3 is 0 Å². The van der Waals surface area contributed by atoms with Gasteiger partial charge in [-0.15, -0.1) is 0 Å². The SMILES string of the molecule is Cc1ccc(Sc2ccc(C)c(O)c2)cc1. The summed E-state index contributed by atoms with van der Waals surface area (Å²) in [5.41, 5.74) is 2.17. The molecule has 0 heterocycles. The standard InChI is InChI=1S/C14H14OS/c1-10-3-6-12(7-4-10)16-13-8-5-11(2)14(15)9-13/h3-9,15H,1-2H3. The molecule has 0 aromatic heterocycles. The highest BCUT2D eigenvalue weighted by atomic mass is 32.2. The molecule has 0 fully saturated rings. The predicted molar refractivity (Wildman–Crippen MR) is 68.1 cm³/mol. The largest absolute Gasteiger partial charge is 0.508 e. The number of phenolic OH excluding ortho intramolecular Hbond substituents is 1. The third-order valence-electron chi connectivity index (χ3n) is 2.44. The Hall–Kier alpha value is -1.41. The molecule has 2 aromatic rings. The first-order chi connectivity index (χ1) is 7.65. The van der Waals surface area contributed by atoms with Gasteiger partial charge < -0.3 is 5.11 Å². The molecule has 0 aliphatic rings. The van der Waals surface area contributed by atoms with Crippen LogP contribution >= 0.6 is 11.8 Å². The third-order valence-corrected chi connectivity index (χ3v) is 3.43. The molecule has 16 heavy (non-hydrogen) atoms. The molecular weight excluding hydrogens is 216 g/mol. The number of aryl methyl sites for hydroxylation is 2. The van der Waals surface area contributed by atoms with Crippen molar-refractivity contribution in [2.45, 2.75) is 23.6 Å². The maximum atomic E-state index is 9.61. The van der Waals surface area contributed by atoms with Gasteiger partial charge in [-0.1, -0.05) is 35.5 Å². The van der Waals surface area contributed by atoms with Crippen LogP contribution in [-0.2, 0) is 0 Å². The van der Waals surface area contributed by atoms with Gasteiger partial charge in [0.05, 0.1) is 0 Å². The van der Waals surface area contributed by atoms with Gasteiger partial charge in [-0.05, 0) is 43.7 Å². The fraction of sp³-hybridized carbons (Fsp3) is 0.143. The van der Waals surface area contributed by atoms with Crippen molar-refractivity contribution in [3.63, 3.8) is 0 Å². The lowest BCUT2D eigenvalue weighted by molar-refractivity contribution is 0.469. The zero-order valence-corrected chi connectivity index (χ0v) is 10.2. The summed E-state index contributed by atoms with van der Waals surface area (Å²) in [6, 6.07) is 14.1. The second kappa shape index (κ2) is 4.62. The van der Waals surface area contributed by atoms with Crippen LogP contribution in [-0.4, -0.2) is 5.11 Å². The van der Waals surface area contributed by atoms with Gasteiger partial charge in [-0.3, -0.25) is 0 Å². The Kier molecular flexibility index (Phi) is 3.20. The molecule has 1 nitrogen and oxygen atoms in total. The lowest BCUT2D eigenvalue weighted by Gasteiger charge is -2.04. The van der Waals surface area contributed by atoms with Crippen molar-refractivity contribution < 1.29 is 5.11 Å². The summed E-state index contributed by atoms with van der Waals surface area (Å²) in [4.78, 5) is 2.25. The molecule has 2 aromatic carbocycles. The number of hydrogen-bond donors (Lipinski definition) is 1. The minimum Gasteiger partial charge on any atom is -0.508 e. The molecule has 0 saturated heterocycles. The first-order valence-corrected chi connectivity index (χ1v) is 6.01. The Bertz CT molecular complexity index is 489. The molecule has 0 aliphatic carbocycles. The average molecular weight is 230 g/mol. The van der Waals surface area contributed by atoms with E-state index in [1.807, 2.05) is 19.1 Å². The van der Waals surface area contributed by atoms with Crippen molar-refractivity contribution in [2.75, 3.05) is 0 Å². The molecule has 0 unspecified atom stereocenters. The summed E-state index contributed by atoms with van der Waals surface area (Å²) in [6.45, 7) is 3.97. The molecule has 0 aliphatic heterocycles. The Morgan fingerprint density at radius 2 is 1.50 bits per heavy atom. The van der Waals surface area contributed by atoms with Crippen molar-refractivity contribution in [3.05, 3.63) is 53.6 Å². The van der Waals surface area contributed by atoms with Crippen LogP contribution in [0.4, 0.5) is 0 Å². The highest BCUT2D eigenvalue weighted by Gasteiger charge is 2.00. The first-order valence-electron chi connectivity index (χ1n) is 5.19. The average Bonchev–Trinajstić information content (AvgIpc) is 2.27. The Labute approximate surface area is 100 Å². The Balaban J connectivity index is 2.20. The first kappa shape index (κ1) is 11.1. The third kappa shape index (κ3) is 2.58. The maximum Gasteiger partial charge on any atom is 0.119 e. The molecule has 0 spiro atoms. The van der Waals surface area contributed by atoms with E-state index in [4.69, 9.17) is 0 Å². The lowest BCUT2D eigenvalue weighted by Crippen LogP contribution is -1.78. The molecule has 2 rings (SSSR count). The van der Waals surface area contributed by atoms with Crippen molar-refractivity contribution >= 4 is 11.8 Å². The topological polar surface area (TPSA) is 20.2 Å². The quantitative estimate of drug-likeness (QED) is 0.836. The minimum absolute atomic E-state index is 0.358. The van der Waals surface area contributed by atoms with Crippen LogP contribution in [0.1, 0.15) is 11.1 Å². The molecule has 0 amide bonds. The molecule has 0 saturated carbocycles. The number of benzene rings is 2. The van der Waals surface area contributed by atoms with Gasteiger partial charge in [-0.2, -0.15) is 0 Å². The van der Waals surface area contributed by atoms with Gasteiger partial charge in [0.2, 0.25) is 0 Å². The smallest absolute Gasteiger partial charge is 0.119 e. The van der Waals surface area contributed by atoms with Crippen LogP contribution in [0.25, 0.3) is 0 Å². The molecule has 1 N–H and O–H groups in total. The van der Waals surface area contributed by atoms with E-state index in [1.54, 1.807) is 17.8 Å². The van der Waals surface area contributed by atoms with E-state index in [0.717, 1.165) is 10.5 Å². The second-order valence-corrected chi connectivity index (χ2v) is 5.01. The summed E-state index contributed by atoms with van der Waals surface area (Å²) >= 11 is 1.66. The van der Waals surface area contributed by atoms with Crippen LogP contribution in [0.2, 0.25) is 0 Å². The van der Waals surface area contributed by atoms with Crippen molar-refractivity contribution in [1.29, 1.82) is 0 Å². The minimum atomic E-state index is 0.358. The van der Waals surface area contributed by atoms with E-state index < -0.39 is 0 Å². The summed E-state index contributed by atoms with van der Waals surface area (Å²) < 4.78 is 0. The predicted octanol–water partition coefficient (Wildman–Crippen LogP) is 4.16. The van der Waals surface area contributed by atoms with Crippen LogP contribution < -0.4 is 0 Å². The van der Waals surface area contributed by atoms with Crippen LogP contribution in [0, 0.1) is 13.8 Å². The number of hydrogen-bond acceptors (Lipinski definition) is 2. The fourth-order valence-electron chi connectivity index (χ4n) is 1.40. The van der Waals surface area contributed by atoms with Gasteiger partial charge in [-0.25, -0.2) is 0 Å². The van der Waals surface area contributed by atoms with Gasteiger partial charge in [0.25, 0.3) is 0 Å².